The molecule has 0 saturated carbocycles. The van der Waals surface area contributed by atoms with Crippen molar-refractivity contribution in [3.63, 3.8) is 0 Å². The number of ether oxygens (including phenoxy) is 1. The van der Waals surface area contributed by atoms with Gasteiger partial charge in [0.2, 0.25) is 0 Å². The first-order chi connectivity index (χ1) is 8.72. The number of nitrogens with two attached hydrogens (primary N) is 1. The van der Waals surface area contributed by atoms with E-state index < -0.39 is 12.0 Å². The van der Waals surface area contributed by atoms with E-state index in [0.29, 0.717) is 0 Å². The lowest BCUT2D eigenvalue weighted by molar-refractivity contribution is -0.142. The van der Waals surface area contributed by atoms with E-state index >= 15 is 0 Å². The van der Waals surface area contributed by atoms with Crippen LogP contribution in [0.3, 0.4) is 0 Å². The molecule has 2 rings (SSSR count). The second-order valence-electron chi connectivity index (χ2n) is 3.86. The summed E-state index contributed by atoms with van der Waals surface area (Å²) < 4.78 is 4.64. The molecule has 2 N–H and O–H groups in total. The molecule has 1 atom stereocenters. The summed E-state index contributed by atoms with van der Waals surface area (Å²) in [4.78, 5) is 15.4. The molecule has 4 heteroatoms. The molecular weight excluding hydrogens is 228 g/mol. The summed E-state index contributed by atoms with van der Waals surface area (Å²) >= 11 is 0. The van der Waals surface area contributed by atoms with Gasteiger partial charge in [0.1, 0.15) is 6.04 Å². The molecule has 2 aromatic rings. The zero-order valence-electron chi connectivity index (χ0n) is 10.0. The Morgan fingerprint density at radius 1 is 1.22 bits per heavy atom. The summed E-state index contributed by atoms with van der Waals surface area (Å²) in [6.07, 6.45) is 3.45. The number of carbonyl (C=O) groups excluding carboxylic acids is 1. The van der Waals surface area contributed by atoms with Gasteiger partial charge in [0, 0.05) is 12.4 Å². The molecule has 0 bridgehead atoms. The summed E-state index contributed by atoms with van der Waals surface area (Å²) in [7, 11) is 1.33. The van der Waals surface area contributed by atoms with Gasteiger partial charge in [-0.25, -0.2) is 0 Å². The lowest BCUT2D eigenvalue weighted by Crippen LogP contribution is -2.22. The van der Waals surface area contributed by atoms with Gasteiger partial charge in [0.25, 0.3) is 0 Å². The minimum absolute atomic E-state index is 0.443. The van der Waals surface area contributed by atoms with Crippen LogP contribution in [0, 0.1) is 0 Å². The average molecular weight is 242 g/mol. The first-order valence-corrected chi connectivity index (χ1v) is 5.56. The van der Waals surface area contributed by atoms with Gasteiger partial charge in [-0.1, -0.05) is 18.2 Å². The number of benzene rings is 1. The SMILES string of the molecule is COC(=O)C(N)c1cccc(-c2ccncc2)c1. The number of nitrogens with zero attached hydrogens (tertiary/aromatic N) is 1. The Bertz CT molecular complexity index is 541. The number of hydrogen-bond donors (Lipinski definition) is 1. The Hall–Kier alpha value is -2.20. The quantitative estimate of drug-likeness (QED) is 0.835. The van der Waals surface area contributed by atoms with Gasteiger partial charge in [-0.3, -0.25) is 9.78 Å². The zero-order valence-corrected chi connectivity index (χ0v) is 10.0. The number of aromatic nitrogens is 1. The van der Waals surface area contributed by atoms with Crippen LogP contribution in [0.2, 0.25) is 0 Å². The van der Waals surface area contributed by atoms with E-state index in [4.69, 9.17) is 5.73 Å². The van der Waals surface area contributed by atoms with Crippen LogP contribution >= 0.6 is 0 Å². The first-order valence-electron chi connectivity index (χ1n) is 5.56. The molecule has 0 fully saturated rings. The van der Waals surface area contributed by atoms with Crippen LogP contribution in [0.15, 0.2) is 48.8 Å². The molecule has 0 aliphatic carbocycles. The van der Waals surface area contributed by atoms with Gasteiger partial charge >= 0.3 is 5.97 Å². The number of methoxy groups -OCH3 is 1. The van der Waals surface area contributed by atoms with E-state index in [1.807, 2.05) is 36.4 Å². The Morgan fingerprint density at radius 3 is 2.61 bits per heavy atom. The molecule has 0 aliphatic rings. The first kappa shape index (κ1) is 12.3. The lowest BCUT2D eigenvalue weighted by atomic mass is 10.0. The van der Waals surface area contributed by atoms with Crippen LogP contribution in [0.1, 0.15) is 11.6 Å². The van der Waals surface area contributed by atoms with Gasteiger partial charge < -0.3 is 10.5 Å². The molecule has 0 saturated heterocycles. The number of rotatable bonds is 3. The third-order valence-corrected chi connectivity index (χ3v) is 2.71. The van der Waals surface area contributed by atoms with Crippen molar-refractivity contribution in [1.82, 2.24) is 4.98 Å². The minimum atomic E-state index is -0.753. The predicted molar refractivity (Wildman–Crippen MR) is 68.6 cm³/mol. The summed E-state index contributed by atoms with van der Waals surface area (Å²) in [5, 5.41) is 0. The topological polar surface area (TPSA) is 65.2 Å². The third kappa shape index (κ3) is 2.55. The Labute approximate surface area is 105 Å². The molecule has 0 spiro atoms. The normalized spacial score (nSPS) is 11.9. The lowest BCUT2D eigenvalue weighted by Gasteiger charge is -2.11. The predicted octanol–water partition coefficient (Wildman–Crippen LogP) is 1.92. The molecule has 0 amide bonds. The number of hydrogen-bond acceptors (Lipinski definition) is 4. The maximum absolute atomic E-state index is 11.4. The fourth-order valence-electron chi connectivity index (χ4n) is 1.72. The highest BCUT2D eigenvalue weighted by Gasteiger charge is 2.16. The van der Waals surface area contributed by atoms with Crippen molar-refractivity contribution in [2.24, 2.45) is 5.73 Å². The largest absolute Gasteiger partial charge is 0.468 e. The van der Waals surface area contributed by atoms with Crippen molar-refractivity contribution in [2.45, 2.75) is 6.04 Å². The highest BCUT2D eigenvalue weighted by atomic mass is 16.5. The summed E-state index contributed by atoms with van der Waals surface area (Å²) in [5.41, 5.74) is 8.57. The molecule has 1 heterocycles. The number of pyridine rings is 1. The Morgan fingerprint density at radius 2 is 1.94 bits per heavy atom. The molecule has 4 nitrogen and oxygen atoms in total. The Kier molecular flexibility index (Phi) is 3.69. The molecular formula is C14H14N2O2. The zero-order chi connectivity index (χ0) is 13.0. The number of carbonyl (C=O) groups is 1. The molecule has 18 heavy (non-hydrogen) atoms. The number of esters is 1. The summed E-state index contributed by atoms with van der Waals surface area (Å²) in [6.45, 7) is 0. The highest BCUT2D eigenvalue weighted by molar-refractivity contribution is 5.78. The molecule has 0 radical (unpaired) electrons. The van der Waals surface area contributed by atoms with Crippen molar-refractivity contribution < 1.29 is 9.53 Å². The van der Waals surface area contributed by atoms with Crippen molar-refractivity contribution in [3.05, 3.63) is 54.4 Å². The van der Waals surface area contributed by atoms with Crippen LogP contribution in [-0.4, -0.2) is 18.1 Å². The second-order valence-corrected chi connectivity index (χ2v) is 3.86. The van der Waals surface area contributed by atoms with E-state index in [1.165, 1.54) is 7.11 Å². The van der Waals surface area contributed by atoms with Gasteiger partial charge in [-0.2, -0.15) is 0 Å². The van der Waals surface area contributed by atoms with E-state index in [1.54, 1.807) is 12.4 Å². The minimum Gasteiger partial charge on any atom is -0.468 e. The van der Waals surface area contributed by atoms with Gasteiger partial charge in [-0.05, 0) is 34.9 Å². The van der Waals surface area contributed by atoms with Crippen molar-refractivity contribution in [2.75, 3.05) is 7.11 Å². The highest BCUT2D eigenvalue weighted by Crippen LogP contribution is 2.22. The van der Waals surface area contributed by atoms with E-state index in [0.717, 1.165) is 16.7 Å². The van der Waals surface area contributed by atoms with E-state index in [2.05, 4.69) is 9.72 Å². The van der Waals surface area contributed by atoms with Crippen LogP contribution in [0.5, 0.6) is 0 Å². The second kappa shape index (κ2) is 5.42. The smallest absolute Gasteiger partial charge is 0.327 e. The molecule has 92 valence electrons. The van der Waals surface area contributed by atoms with E-state index in [9.17, 15) is 4.79 Å². The maximum atomic E-state index is 11.4. The van der Waals surface area contributed by atoms with Crippen LogP contribution in [-0.2, 0) is 9.53 Å². The molecule has 1 aromatic heterocycles. The van der Waals surface area contributed by atoms with Gasteiger partial charge in [-0.15, -0.1) is 0 Å². The van der Waals surface area contributed by atoms with E-state index in [-0.39, 0.29) is 0 Å². The fraction of sp³-hybridized carbons (Fsp3) is 0.143. The maximum Gasteiger partial charge on any atom is 0.327 e. The fourth-order valence-corrected chi connectivity index (χ4v) is 1.72. The van der Waals surface area contributed by atoms with Crippen LogP contribution in [0.4, 0.5) is 0 Å². The average Bonchev–Trinajstić information content (AvgIpc) is 2.46. The van der Waals surface area contributed by atoms with Crippen LogP contribution in [0.25, 0.3) is 11.1 Å². The third-order valence-electron chi connectivity index (χ3n) is 2.71. The Balaban J connectivity index is 2.34. The van der Waals surface area contributed by atoms with Crippen molar-refractivity contribution in [1.29, 1.82) is 0 Å². The van der Waals surface area contributed by atoms with Gasteiger partial charge in [0.15, 0.2) is 0 Å². The molecule has 0 aliphatic heterocycles. The summed E-state index contributed by atoms with van der Waals surface area (Å²) in [5.74, 6) is -0.443. The monoisotopic (exact) mass is 242 g/mol. The standard InChI is InChI=1S/C14H14N2O2/c1-18-14(17)13(15)12-4-2-3-11(9-12)10-5-7-16-8-6-10/h2-9,13H,15H2,1H3. The molecule has 1 unspecified atom stereocenters. The summed E-state index contributed by atoms with van der Waals surface area (Å²) in [6, 6.07) is 10.6. The van der Waals surface area contributed by atoms with Crippen molar-refractivity contribution >= 4 is 5.97 Å². The van der Waals surface area contributed by atoms with Crippen molar-refractivity contribution in [3.8, 4) is 11.1 Å². The molecule has 1 aromatic carbocycles. The van der Waals surface area contributed by atoms with Crippen LogP contribution < -0.4 is 5.73 Å². The van der Waals surface area contributed by atoms with Gasteiger partial charge in [0.05, 0.1) is 7.11 Å².